The van der Waals surface area contributed by atoms with Crippen LogP contribution in [0, 0.1) is 0 Å². The average Bonchev–Trinajstić information content (AvgIpc) is 2.44. The Morgan fingerprint density at radius 2 is 1.74 bits per heavy atom. The molecule has 0 saturated heterocycles. The fourth-order valence-electron chi connectivity index (χ4n) is 1.88. The molecule has 0 radical (unpaired) electrons. The molecular formula is C15H25NO3. The number of hydrogen-bond acceptors (Lipinski definition) is 4. The molecular weight excluding hydrogens is 242 g/mol. The first-order valence-corrected chi connectivity index (χ1v) is 6.57. The van der Waals surface area contributed by atoms with Gasteiger partial charge in [-0.25, -0.2) is 0 Å². The van der Waals surface area contributed by atoms with Crippen molar-refractivity contribution in [3.05, 3.63) is 23.8 Å². The summed E-state index contributed by atoms with van der Waals surface area (Å²) in [4.78, 5) is 0. The van der Waals surface area contributed by atoms with Gasteiger partial charge in [0.05, 0.1) is 20.3 Å². The van der Waals surface area contributed by atoms with Gasteiger partial charge in [0.2, 0.25) is 0 Å². The van der Waals surface area contributed by atoms with Gasteiger partial charge in [-0.15, -0.1) is 0 Å². The summed E-state index contributed by atoms with van der Waals surface area (Å²) in [7, 11) is 5.03. The molecule has 0 heterocycles. The Kier molecular flexibility index (Phi) is 6.67. The van der Waals surface area contributed by atoms with Gasteiger partial charge in [0, 0.05) is 19.7 Å². The summed E-state index contributed by atoms with van der Waals surface area (Å²) in [5.74, 6) is 1.54. The topological polar surface area (TPSA) is 39.7 Å². The quantitative estimate of drug-likeness (QED) is 0.784. The molecule has 108 valence electrons. The zero-order valence-corrected chi connectivity index (χ0v) is 12.5. The SMILES string of the molecule is COc1ccc(CC(C)NCC(C)OC)cc1OC. The Hall–Kier alpha value is -1.26. The van der Waals surface area contributed by atoms with Crippen LogP contribution in [0.15, 0.2) is 18.2 Å². The van der Waals surface area contributed by atoms with Crippen LogP contribution >= 0.6 is 0 Å². The second-order valence-electron chi connectivity index (χ2n) is 4.75. The van der Waals surface area contributed by atoms with Gasteiger partial charge in [-0.1, -0.05) is 6.07 Å². The molecule has 0 aromatic heterocycles. The molecule has 2 unspecified atom stereocenters. The minimum Gasteiger partial charge on any atom is -0.493 e. The minimum absolute atomic E-state index is 0.229. The van der Waals surface area contributed by atoms with Gasteiger partial charge in [0.1, 0.15) is 0 Å². The van der Waals surface area contributed by atoms with E-state index in [9.17, 15) is 0 Å². The van der Waals surface area contributed by atoms with Gasteiger partial charge in [-0.3, -0.25) is 0 Å². The van der Waals surface area contributed by atoms with Crippen molar-refractivity contribution in [3.8, 4) is 11.5 Å². The first kappa shape index (κ1) is 15.8. The highest BCUT2D eigenvalue weighted by Crippen LogP contribution is 2.27. The molecule has 1 aromatic rings. The van der Waals surface area contributed by atoms with E-state index in [0.29, 0.717) is 6.04 Å². The van der Waals surface area contributed by atoms with E-state index in [2.05, 4.69) is 25.2 Å². The lowest BCUT2D eigenvalue weighted by Gasteiger charge is -2.17. The number of methoxy groups -OCH3 is 3. The summed E-state index contributed by atoms with van der Waals surface area (Å²) in [6.07, 6.45) is 1.17. The third kappa shape index (κ3) is 5.09. The van der Waals surface area contributed by atoms with Crippen molar-refractivity contribution in [2.75, 3.05) is 27.9 Å². The Balaban J connectivity index is 2.56. The smallest absolute Gasteiger partial charge is 0.160 e. The lowest BCUT2D eigenvalue weighted by atomic mass is 10.1. The third-order valence-electron chi connectivity index (χ3n) is 3.15. The van der Waals surface area contributed by atoms with E-state index >= 15 is 0 Å². The molecule has 0 spiro atoms. The fourth-order valence-corrected chi connectivity index (χ4v) is 1.88. The van der Waals surface area contributed by atoms with E-state index in [1.807, 2.05) is 12.1 Å². The summed E-state index contributed by atoms with van der Waals surface area (Å²) in [5, 5.41) is 3.45. The van der Waals surface area contributed by atoms with Gasteiger partial charge in [0.15, 0.2) is 11.5 Å². The molecule has 1 N–H and O–H groups in total. The zero-order chi connectivity index (χ0) is 14.3. The second kappa shape index (κ2) is 8.02. The first-order chi connectivity index (χ1) is 9.10. The van der Waals surface area contributed by atoms with Crippen LogP contribution in [-0.4, -0.2) is 40.0 Å². The summed E-state index contributed by atoms with van der Waals surface area (Å²) >= 11 is 0. The van der Waals surface area contributed by atoms with E-state index < -0.39 is 0 Å². The largest absolute Gasteiger partial charge is 0.493 e. The van der Waals surface area contributed by atoms with Crippen LogP contribution in [0.3, 0.4) is 0 Å². The van der Waals surface area contributed by atoms with Gasteiger partial charge >= 0.3 is 0 Å². The van der Waals surface area contributed by atoms with Crippen molar-refractivity contribution in [2.45, 2.75) is 32.4 Å². The summed E-state index contributed by atoms with van der Waals surface area (Å²) in [5.41, 5.74) is 1.22. The molecule has 0 aliphatic heterocycles. The van der Waals surface area contributed by atoms with Crippen LogP contribution in [0.25, 0.3) is 0 Å². The van der Waals surface area contributed by atoms with E-state index in [-0.39, 0.29) is 6.10 Å². The molecule has 1 rings (SSSR count). The molecule has 0 saturated carbocycles. The maximum atomic E-state index is 5.31. The molecule has 19 heavy (non-hydrogen) atoms. The minimum atomic E-state index is 0.229. The second-order valence-corrected chi connectivity index (χ2v) is 4.75. The fraction of sp³-hybridized carbons (Fsp3) is 0.600. The maximum absolute atomic E-state index is 5.31. The molecule has 0 aliphatic carbocycles. The number of ether oxygens (including phenoxy) is 3. The zero-order valence-electron chi connectivity index (χ0n) is 12.5. The van der Waals surface area contributed by atoms with Crippen LogP contribution in [-0.2, 0) is 11.2 Å². The molecule has 0 bridgehead atoms. The number of rotatable bonds is 8. The lowest BCUT2D eigenvalue weighted by molar-refractivity contribution is 0.115. The number of benzene rings is 1. The van der Waals surface area contributed by atoms with E-state index in [0.717, 1.165) is 24.5 Å². The van der Waals surface area contributed by atoms with Crippen molar-refractivity contribution < 1.29 is 14.2 Å². The molecule has 4 nitrogen and oxygen atoms in total. The van der Waals surface area contributed by atoms with Gasteiger partial charge in [0.25, 0.3) is 0 Å². The van der Waals surface area contributed by atoms with Crippen molar-refractivity contribution in [1.29, 1.82) is 0 Å². The monoisotopic (exact) mass is 267 g/mol. The molecule has 0 aliphatic rings. The maximum Gasteiger partial charge on any atom is 0.160 e. The van der Waals surface area contributed by atoms with Crippen molar-refractivity contribution in [2.24, 2.45) is 0 Å². The van der Waals surface area contributed by atoms with E-state index in [4.69, 9.17) is 14.2 Å². The number of nitrogens with one attached hydrogen (secondary N) is 1. The summed E-state index contributed by atoms with van der Waals surface area (Å²) in [6.45, 7) is 5.07. The third-order valence-corrected chi connectivity index (χ3v) is 3.15. The van der Waals surface area contributed by atoms with Crippen molar-refractivity contribution >= 4 is 0 Å². The van der Waals surface area contributed by atoms with Crippen LogP contribution in [0.1, 0.15) is 19.4 Å². The van der Waals surface area contributed by atoms with Gasteiger partial charge < -0.3 is 19.5 Å². The van der Waals surface area contributed by atoms with Crippen LogP contribution in [0.2, 0.25) is 0 Å². The van der Waals surface area contributed by atoms with Crippen LogP contribution in [0.5, 0.6) is 11.5 Å². The lowest BCUT2D eigenvalue weighted by Crippen LogP contribution is -2.34. The molecule has 4 heteroatoms. The van der Waals surface area contributed by atoms with E-state index in [1.165, 1.54) is 5.56 Å². The summed E-state index contributed by atoms with van der Waals surface area (Å²) < 4.78 is 15.8. The first-order valence-electron chi connectivity index (χ1n) is 6.57. The highest BCUT2D eigenvalue weighted by atomic mass is 16.5. The Bertz CT molecular complexity index is 382. The molecule has 0 amide bonds. The molecule has 2 atom stereocenters. The van der Waals surface area contributed by atoms with Gasteiger partial charge in [-0.2, -0.15) is 0 Å². The van der Waals surface area contributed by atoms with Crippen LogP contribution < -0.4 is 14.8 Å². The van der Waals surface area contributed by atoms with Crippen molar-refractivity contribution in [1.82, 2.24) is 5.32 Å². The Labute approximate surface area is 116 Å². The van der Waals surface area contributed by atoms with Crippen LogP contribution in [0.4, 0.5) is 0 Å². The Morgan fingerprint density at radius 1 is 1.05 bits per heavy atom. The highest BCUT2D eigenvalue weighted by molar-refractivity contribution is 5.43. The van der Waals surface area contributed by atoms with Crippen molar-refractivity contribution in [3.63, 3.8) is 0 Å². The number of hydrogen-bond donors (Lipinski definition) is 1. The Morgan fingerprint density at radius 3 is 2.32 bits per heavy atom. The highest BCUT2D eigenvalue weighted by Gasteiger charge is 2.09. The predicted molar refractivity (Wildman–Crippen MR) is 77.2 cm³/mol. The molecule has 1 aromatic carbocycles. The summed E-state index contributed by atoms with van der Waals surface area (Å²) in [6, 6.07) is 6.42. The normalized spacial score (nSPS) is 13.9. The average molecular weight is 267 g/mol. The van der Waals surface area contributed by atoms with E-state index in [1.54, 1.807) is 21.3 Å². The standard InChI is InChI=1S/C15H25NO3/c1-11(16-10-12(2)17-3)8-13-6-7-14(18-4)15(9-13)19-5/h6-7,9,11-12,16H,8,10H2,1-5H3. The molecule has 0 fully saturated rings. The van der Waals surface area contributed by atoms with Gasteiger partial charge in [-0.05, 0) is 38.0 Å². The predicted octanol–water partition coefficient (Wildman–Crippen LogP) is 2.26.